The van der Waals surface area contributed by atoms with Crippen LogP contribution in [0.25, 0.3) is 0 Å². The molecule has 0 saturated carbocycles. The van der Waals surface area contributed by atoms with E-state index in [1.807, 2.05) is 0 Å². The van der Waals surface area contributed by atoms with Gasteiger partial charge in [-0.25, -0.2) is 0 Å². The van der Waals surface area contributed by atoms with Crippen LogP contribution in [0.15, 0.2) is 0 Å². The van der Waals surface area contributed by atoms with Gasteiger partial charge in [0.25, 0.3) is 0 Å². The van der Waals surface area contributed by atoms with Crippen LogP contribution in [0.3, 0.4) is 0 Å². The van der Waals surface area contributed by atoms with E-state index in [0.29, 0.717) is 6.23 Å². The predicted octanol–water partition coefficient (Wildman–Crippen LogP) is -0.617. The van der Waals surface area contributed by atoms with Crippen LogP contribution in [0.2, 0.25) is 0 Å². The lowest BCUT2D eigenvalue weighted by Crippen LogP contribution is -2.32. The quantitative estimate of drug-likeness (QED) is 0.479. The van der Waals surface area contributed by atoms with Crippen molar-refractivity contribution in [3.05, 3.63) is 0 Å². The monoisotopic (exact) mass is 131 g/mol. The first-order valence-electron chi connectivity index (χ1n) is 3.22. The average molecular weight is 131 g/mol. The fraction of sp³-hybridized carbons (Fsp3) is 1.00. The molecular formula is C5H13NOSi. The van der Waals surface area contributed by atoms with Gasteiger partial charge in [-0.3, -0.25) is 0 Å². The highest BCUT2D eigenvalue weighted by Crippen LogP contribution is 2.08. The smallest absolute Gasteiger partial charge is 0.101 e. The minimum absolute atomic E-state index is 0.399. The Morgan fingerprint density at radius 1 is 1.50 bits per heavy atom. The average Bonchev–Trinajstić information content (AvgIpc) is 1.90. The van der Waals surface area contributed by atoms with Crippen LogP contribution >= 0.6 is 0 Å². The molecule has 3 heteroatoms. The van der Waals surface area contributed by atoms with Gasteiger partial charge in [0, 0.05) is 6.61 Å². The zero-order chi connectivity index (χ0) is 5.82. The fourth-order valence-corrected chi connectivity index (χ4v) is 1.42. The van der Waals surface area contributed by atoms with Crippen LogP contribution in [-0.2, 0) is 4.74 Å². The van der Waals surface area contributed by atoms with Crippen molar-refractivity contribution in [3.8, 4) is 0 Å². The maximum atomic E-state index is 5.35. The van der Waals surface area contributed by atoms with Crippen molar-refractivity contribution < 1.29 is 4.74 Å². The van der Waals surface area contributed by atoms with Crippen molar-refractivity contribution in [2.45, 2.75) is 25.5 Å². The standard InChI is InChI=1S/C5H13NOSi/c8-6-5-3-1-2-4-7-5/h5-6H,1-4H2,8H3. The summed E-state index contributed by atoms with van der Waals surface area (Å²) in [4.78, 5) is 3.22. The molecule has 8 heavy (non-hydrogen) atoms. The van der Waals surface area contributed by atoms with E-state index >= 15 is 0 Å². The maximum absolute atomic E-state index is 5.35. The second-order valence-corrected chi connectivity index (χ2v) is 2.72. The lowest BCUT2D eigenvalue weighted by atomic mass is 10.2. The minimum atomic E-state index is 0.399. The lowest BCUT2D eigenvalue weighted by Gasteiger charge is -2.21. The van der Waals surface area contributed by atoms with E-state index in [0.717, 1.165) is 17.0 Å². The number of ether oxygens (including phenoxy) is 1. The molecule has 1 atom stereocenters. The van der Waals surface area contributed by atoms with E-state index in [-0.39, 0.29) is 0 Å². The van der Waals surface area contributed by atoms with Gasteiger partial charge >= 0.3 is 0 Å². The zero-order valence-corrected chi connectivity index (χ0v) is 7.31. The predicted molar refractivity (Wildman–Crippen MR) is 36.7 cm³/mol. The molecule has 0 spiro atoms. The molecule has 1 aliphatic heterocycles. The Morgan fingerprint density at radius 2 is 2.38 bits per heavy atom. The highest BCUT2D eigenvalue weighted by molar-refractivity contribution is 6.04. The molecule has 1 fully saturated rings. The molecule has 48 valence electrons. The van der Waals surface area contributed by atoms with E-state index in [1.54, 1.807) is 0 Å². The zero-order valence-electron chi connectivity index (χ0n) is 5.31. The minimum Gasteiger partial charge on any atom is -0.364 e. The Morgan fingerprint density at radius 3 is 2.75 bits per heavy atom. The van der Waals surface area contributed by atoms with Gasteiger partial charge in [-0.05, 0) is 19.3 Å². The largest absolute Gasteiger partial charge is 0.364 e. The summed E-state index contributed by atoms with van der Waals surface area (Å²) in [6.45, 7) is 0.958. The van der Waals surface area contributed by atoms with Gasteiger partial charge in [0.1, 0.15) is 6.23 Å². The Kier molecular flexibility index (Phi) is 2.52. The molecule has 1 rings (SSSR count). The molecular weight excluding hydrogens is 118 g/mol. The second-order valence-electron chi connectivity index (χ2n) is 2.14. The second kappa shape index (κ2) is 3.22. The molecule has 2 nitrogen and oxygen atoms in total. The lowest BCUT2D eigenvalue weighted by molar-refractivity contribution is 0.00968. The Hall–Kier alpha value is 0.137. The molecule has 0 aromatic carbocycles. The first-order valence-corrected chi connectivity index (χ1v) is 4.22. The van der Waals surface area contributed by atoms with Crippen LogP contribution < -0.4 is 4.98 Å². The van der Waals surface area contributed by atoms with Crippen LogP contribution in [0.1, 0.15) is 19.3 Å². The molecule has 0 aromatic rings. The maximum Gasteiger partial charge on any atom is 0.101 e. The molecule has 0 radical (unpaired) electrons. The van der Waals surface area contributed by atoms with Gasteiger partial charge in [-0.1, -0.05) is 0 Å². The number of hydrogen-bond acceptors (Lipinski definition) is 2. The molecule has 1 saturated heterocycles. The van der Waals surface area contributed by atoms with Crippen LogP contribution in [0, 0.1) is 0 Å². The SMILES string of the molecule is [SiH3]NC1CCCCO1. The summed E-state index contributed by atoms with van der Waals surface area (Å²) < 4.78 is 5.35. The Labute approximate surface area is 53.1 Å². The third-order valence-electron chi connectivity index (χ3n) is 1.50. The molecule has 0 aromatic heterocycles. The molecule has 1 aliphatic rings. The molecule has 1 heterocycles. The molecule has 1 N–H and O–H groups in total. The summed E-state index contributed by atoms with van der Waals surface area (Å²) in [5.74, 6) is 0. The Bertz CT molecular complexity index is 63.4. The van der Waals surface area contributed by atoms with Crippen molar-refractivity contribution in [1.29, 1.82) is 0 Å². The highest BCUT2D eigenvalue weighted by Gasteiger charge is 2.09. The third kappa shape index (κ3) is 1.58. The fourth-order valence-electron chi connectivity index (χ4n) is 0.968. The Balaban J connectivity index is 2.13. The first-order chi connectivity index (χ1) is 3.93. The molecule has 0 bridgehead atoms. The van der Waals surface area contributed by atoms with Crippen molar-refractivity contribution in [3.63, 3.8) is 0 Å². The third-order valence-corrected chi connectivity index (χ3v) is 2.15. The summed E-state index contributed by atoms with van der Waals surface area (Å²) >= 11 is 0. The normalized spacial score (nSPS) is 30.8. The molecule has 0 aliphatic carbocycles. The van der Waals surface area contributed by atoms with Gasteiger partial charge in [0.05, 0.1) is 10.4 Å². The highest BCUT2D eigenvalue weighted by atomic mass is 28.2. The van der Waals surface area contributed by atoms with Gasteiger partial charge in [-0.2, -0.15) is 0 Å². The van der Waals surface area contributed by atoms with Crippen molar-refractivity contribution in [2.24, 2.45) is 0 Å². The van der Waals surface area contributed by atoms with Crippen molar-refractivity contribution >= 4 is 10.4 Å². The molecule has 0 amide bonds. The van der Waals surface area contributed by atoms with Crippen LogP contribution in [-0.4, -0.2) is 23.2 Å². The number of nitrogens with one attached hydrogen (secondary N) is 1. The van der Waals surface area contributed by atoms with E-state index < -0.39 is 0 Å². The van der Waals surface area contributed by atoms with Crippen LogP contribution in [0.4, 0.5) is 0 Å². The van der Waals surface area contributed by atoms with Gasteiger partial charge in [-0.15, -0.1) is 0 Å². The van der Waals surface area contributed by atoms with Gasteiger partial charge < -0.3 is 9.72 Å². The summed E-state index contributed by atoms with van der Waals surface area (Å²) in [5.41, 5.74) is 0. The number of hydrogen-bond donors (Lipinski definition) is 1. The summed E-state index contributed by atoms with van der Waals surface area (Å²) in [6, 6.07) is 0. The van der Waals surface area contributed by atoms with E-state index in [4.69, 9.17) is 4.74 Å². The van der Waals surface area contributed by atoms with Crippen molar-refractivity contribution in [1.82, 2.24) is 4.98 Å². The number of rotatable bonds is 1. The topological polar surface area (TPSA) is 21.3 Å². The van der Waals surface area contributed by atoms with E-state index in [2.05, 4.69) is 4.98 Å². The summed E-state index contributed by atoms with van der Waals surface area (Å²) in [7, 11) is 1.05. The first kappa shape index (κ1) is 6.26. The van der Waals surface area contributed by atoms with Crippen molar-refractivity contribution in [2.75, 3.05) is 6.61 Å². The molecule has 1 unspecified atom stereocenters. The van der Waals surface area contributed by atoms with E-state index in [9.17, 15) is 0 Å². The van der Waals surface area contributed by atoms with Gasteiger partial charge in [0.15, 0.2) is 0 Å². The summed E-state index contributed by atoms with van der Waals surface area (Å²) in [6.07, 6.45) is 4.19. The summed E-state index contributed by atoms with van der Waals surface area (Å²) in [5, 5.41) is 0. The van der Waals surface area contributed by atoms with E-state index in [1.165, 1.54) is 19.3 Å². The van der Waals surface area contributed by atoms with Gasteiger partial charge in [0.2, 0.25) is 0 Å². The van der Waals surface area contributed by atoms with Crippen LogP contribution in [0.5, 0.6) is 0 Å².